The molecular weight excluding hydrogens is 336 g/mol. The molecule has 2 bridgehead atoms. The van der Waals surface area contributed by atoms with Crippen molar-refractivity contribution in [2.75, 3.05) is 31.1 Å². The van der Waals surface area contributed by atoms with Crippen LogP contribution in [0.5, 0.6) is 0 Å². The summed E-state index contributed by atoms with van der Waals surface area (Å²) in [5.41, 5.74) is 0.435. The zero-order valence-electron chi connectivity index (χ0n) is 12.8. The largest absolute Gasteiger partial charge is 0.334 e. The molecule has 3 aliphatic rings. The number of hydrogen-bond acceptors (Lipinski definition) is 7. The summed E-state index contributed by atoms with van der Waals surface area (Å²) in [4.78, 5) is 16.8. The van der Waals surface area contributed by atoms with Gasteiger partial charge in [0.1, 0.15) is 0 Å². The predicted molar refractivity (Wildman–Crippen MR) is 86.1 cm³/mol. The van der Waals surface area contributed by atoms with Crippen LogP contribution in [0.4, 0.5) is 0 Å². The van der Waals surface area contributed by atoms with E-state index in [0.717, 1.165) is 37.5 Å². The van der Waals surface area contributed by atoms with Crippen molar-refractivity contribution in [3.8, 4) is 0 Å². The van der Waals surface area contributed by atoms with E-state index in [0.29, 0.717) is 42.4 Å². The first-order chi connectivity index (χ1) is 11.0. The molecule has 1 amide bonds. The lowest BCUT2D eigenvalue weighted by atomic mass is 10.1. The summed E-state index contributed by atoms with van der Waals surface area (Å²) in [6.07, 6.45) is 4.49. The summed E-state index contributed by atoms with van der Waals surface area (Å²) >= 11 is 1.06. The molecule has 4 rings (SSSR count). The first kappa shape index (κ1) is 15.5. The molecule has 1 aromatic heterocycles. The first-order valence-corrected chi connectivity index (χ1v) is 10.6. The number of nitrogens with zero attached hydrogens (tertiary/aromatic N) is 4. The number of hydrogen-bond donors (Lipinski definition) is 0. The molecule has 0 spiro atoms. The minimum Gasteiger partial charge on any atom is -0.334 e. The third kappa shape index (κ3) is 3.01. The lowest BCUT2D eigenvalue weighted by molar-refractivity contribution is 0.0404. The second kappa shape index (κ2) is 5.78. The molecule has 9 heteroatoms. The quantitative estimate of drug-likeness (QED) is 0.773. The molecule has 23 heavy (non-hydrogen) atoms. The highest BCUT2D eigenvalue weighted by Gasteiger charge is 2.43. The molecule has 1 aromatic rings. The molecule has 3 atom stereocenters. The van der Waals surface area contributed by atoms with E-state index in [1.165, 1.54) is 6.20 Å². The Morgan fingerprint density at radius 1 is 1.26 bits per heavy atom. The molecule has 4 heterocycles. The van der Waals surface area contributed by atoms with Crippen LogP contribution < -0.4 is 0 Å². The van der Waals surface area contributed by atoms with Crippen LogP contribution in [0.25, 0.3) is 0 Å². The van der Waals surface area contributed by atoms with Gasteiger partial charge in [-0.1, -0.05) is 0 Å². The third-order valence-electron chi connectivity index (χ3n) is 5.30. The maximum Gasteiger partial charge on any atom is 0.275 e. The highest BCUT2D eigenvalue weighted by Crippen LogP contribution is 2.33. The Hall–Kier alpha value is -1.06. The van der Waals surface area contributed by atoms with Crippen molar-refractivity contribution in [1.82, 2.24) is 18.5 Å². The van der Waals surface area contributed by atoms with Gasteiger partial charge in [-0.05, 0) is 25.2 Å². The number of likely N-dealkylation sites (tertiary alicyclic amines) is 1. The van der Waals surface area contributed by atoms with Crippen molar-refractivity contribution in [3.63, 3.8) is 0 Å². The van der Waals surface area contributed by atoms with Gasteiger partial charge in [-0.25, -0.2) is 8.42 Å². The van der Waals surface area contributed by atoms with Gasteiger partial charge >= 0.3 is 0 Å². The van der Waals surface area contributed by atoms with E-state index in [2.05, 4.69) is 13.6 Å². The molecule has 3 fully saturated rings. The maximum atomic E-state index is 12.4. The van der Waals surface area contributed by atoms with Gasteiger partial charge in [-0.3, -0.25) is 9.69 Å². The second-order valence-electron chi connectivity index (χ2n) is 6.85. The molecule has 3 unspecified atom stereocenters. The standard InChI is InChI=1S/C14H20N4O3S2/c19-14(13-5-15-22-16-13)17-7-11-1-2-12(8-17)18(11)6-10-3-4-23(20,21)9-10/h5,10-12H,1-4,6-9H2. The van der Waals surface area contributed by atoms with Gasteiger partial charge in [-0.15, -0.1) is 0 Å². The van der Waals surface area contributed by atoms with Crippen LogP contribution in [-0.2, 0) is 9.84 Å². The predicted octanol–water partition coefficient (Wildman–Crippen LogP) is 0.262. The van der Waals surface area contributed by atoms with E-state index in [1.54, 1.807) is 0 Å². The summed E-state index contributed by atoms with van der Waals surface area (Å²) in [7, 11) is -2.82. The molecule has 0 aromatic carbocycles. The molecule has 0 aliphatic carbocycles. The Kier molecular flexibility index (Phi) is 3.89. The Labute approximate surface area is 139 Å². The van der Waals surface area contributed by atoms with Gasteiger partial charge in [0.2, 0.25) is 0 Å². The molecule has 3 aliphatic heterocycles. The van der Waals surface area contributed by atoms with E-state index in [4.69, 9.17) is 0 Å². The molecule has 0 N–H and O–H groups in total. The first-order valence-electron chi connectivity index (χ1n) is 8.05. The highest BCUT2D eigenvalue weighted by molar-refractivity contribution is 7.91. The van der Waals surface area contributed by atoms with Gasteiger partial charge in [0.25, 0.3) is 5.91 Å². The zero-order valence-corrected chi connectivity index (χ0v) is 14.4. The topological polar surface area (TPSA) is 83.5 Å². The van der Waals surface area contributed by atoms with Gasteiger partial charge in [0, 0.05) is 31.7 Å². The lowest BCUT2D eigenvalue weighted by Crippen LogP contribution is -2.56. The Balaban J connectivity index is 1.41. The van der Waals surface area contributed by atoms with Gasteiger partial charge < -0.3 is 4.90 Å². The summed E-state index contributed by atoms with van der Waals surface area (Å²) in [5.74, 6) is 0.894. The molecule has 0 saturated carbocycles. The van der Waals surface area contributed by atoms with Gasteiger partial charge in [0.05, 0.1) is 29.4 Å². The average Bonchev–Trinajstić information content (AvgIpc) is 3.19. The number of fused-ring (bicyclic) bond motifs is 2. The van der Waals surface area contributed by atoms with Crippen molar-refractivity contribution in [2.45, 2.75) is 31.3 Å². The normalized spacial score (nSPS) is 33.2. The minimum absolute atomic E-state index is 0.0289. The van der Waals surface area contributed by atoms with E-state index in [1.807, 2.05) is 4.90 Å². The smallest absolute Gasteiger partial charge is 0.275 e. The maximum absolute atomic E-state index is 12.4. The van der Waals surface area contributed by atoms with Crippen molar-refractivity contribution < 1.29 is 13.2 Å². The summed E-state index contributed by atoms with van der Waals surface area (Å²) < 4.78 is 31.2. The van der Waals surface area contributed by atoms with Crippen molar-refractivity contribution in [3.05, 3.63) is 11.9 Å². The van der Waals surface area contributed by atoms with Crippen molar-refractivity contribution >= 4 is 27.5 Å². The second-order valence-corrected chi connectivity index (χ2v) is 9.64. The number of amides is 1. The van der Waals surface area contributed by atoms with E-state index in [-0.39, 0.29) is 11.8 Å². The molecule has 0 radical (unpaired) electrons. The molecule has 126 valence electrons. The third-order valence-corrected chi connectivity index (χ3v) is 7.61. The van der Waals surface area contributed by atoms with Gasteiger partial charge in [-0.2, -0.15) is 8.75 Å². The summed E-state index contributed by atoms with van der Waals surface area (Å²) in [5, 5.41) is 0. The van der Waals surface area contributed by atoms with Crippen LogP contribution >= 0.6 is 11.7 Å². The number of carbonyl (C=O) groups is 1. The number of sulfone groups is 1. The Morgan fingerprint density at radius 2 is 2.00 bits per heavy atom. The average molecular weight is 356 g/mol. The number of rotatable bonds is 3. The summed E-state index contributed by atoms with van der Waals surface area (Å²) in [6.45, 7) is 2.29. The van der Waals surface area contributed by atoms with Crippen LogP contribution in [-0.4, -0.2) is 76.1 Å². The van der Waals surface area contributed by atoms with Crippen molar-refractivity contribution in [1.29, 1.82) is 0 Å². The Morgan fingerprint density at radius 3 is 2.57 bits per heavy atom. The minimum atomic E-state index is -2.82. The van der Waals surface area contributed by atoms with Crippen LogP contribution in [0.1, 0.15) is 29.8 Å². The van der Waals surface area contributed by atoms with Crippen LogP contribution in [0, 0.1) is 5.92 Å². The fourth-order valence-electron chi connectivity index (χ4n) is 4.19. The number of piperazine rings is 1. The van der Waals surface area contributed by atoms with E-state index in [9.17, 15) is 13.2 Å². The van der Waals surface area contributed by atoms with Crippen LogP contribution in [0.3, 0.4) is 0 Å². The van der Waals surface area contributed by atoms with Crippen LogP contribution in [0.2, 0.25) is 0 Å². The molecule has 3 saturated heterocycles. The monoisotopic (exact) mass is 356 g/mol. The number of aromatic nitrogens is 2. The Bertz CT molecular complexity index is 677. The highest BCUT2D eigenvalue weighted by atomic mass is 32.2. The lowest BCUT2D eigenvalue weighted by Gasteiger charge is -2.41. The SMILES string of the molecule is O=C(c1cnsn1)N1CC2CCC(C1)N2CC1CCS(=O)(=O)C1. The van der Waals surface area contributed by atoms with E-state index >= 15 is 0 Å². The van der Waals surface area contributed by atoms with Crippen molar-refractivity contribution in [2.24, 2.45) is 5.92 Å². The fraction of sp³-hybridized carbons (Fsp3) is 0.786. The molecule has 7 nitrogen and oxygen atoms in total. The van der Waals surface area contributed by atoms with E-state index < -0.39 is 9.84 Å². The zero-order chi connectivity index (χ0) is 16.0. The van der Waals surface area contributed by atoms with Crippen LogP contribution in [0.15, 0.2) is 6.20 Å². The molecular formula is C14H20N4O3S2. The van der Waals surface area contributed by atoms with Gasteiger partial charge in [0.15, 0.2) is 15.5 Å². The number of carbonyl (C=O) groups excluding carboxylic acids is 1. The summed E-state index contributed by atoms with van der Waals surface area (Å²) in [6, 6.07) is 0.709. The fourth-order valence-corrected chi connectivity index (χ4v) is 6.45.